The maximum atomic E-state index is 4.30. The highest BCUT2D eigenvalue weighted by Crippen LogP contribution is 2.16. The molecule has 5 heteroatoms. The quantitative estimate of drug-likeness (QED) is 0.722. The van der Waals surface area contributed by atoms with Crippen LogP contribution in [0.3, 0.4) is 0 Å². The lowest BCUT2D eigenvalue weighted by Crippen LogP contribution is -2.29. The number of aromatic nitrogens is 2. The first-order chi connectivity index (χ1) is 7.25. The van der Waals surface area contributed by atoms with Crippen molar-refractivity contribution in [1.29, 1.82) is 0 Å². The zero-order valence-corrected chi connectivity index (χ0v) is 10.4. The molecule has 82 valence electrons. The lowest BCUT2D eigenvalue weighted by molar-refractivity contribution is 0.360. The Balaban J connectivity index is 2.09. The molecule has 1 aliphatic rings. The molecule has 0 unspecified atom stereocenters. The minimum absolute atomic E-state index is 0.852. The Hall–Kier alpha value is -0.680. The number of halogens is 1. The second kappa shape index (κ2) is 4.90. The summed E-state index contributed by atoms with van der Waals surface area (Å²) in [6, 6.07) is 1.98. The van der Waals surface area contributed by atoms with Crippen molar-refractivity contribution in [3.05, 3.63) is 17.0 Å². The van der Waals surface area contributed by atoms with Crippen LogP contribution in [0.5, 0.6) is 0 Å². The summed E-state index contributed by atoms with van der Waals surface area (Å²) in [5, 5.41) is 0. The van der Waals surface area contributed by atoms with E-state index >= 15 is 0 Å². The standard InChI is InChI=1S/C10H15BrN4/c1-14-3-2-4-15(6-5-14)10-7-9(11)12-8-13-10/h7-8H,2-6H2,1H3. The third-order valence-electron chi connectivity index (χ3n) is 2.66. The zero-order chi connectivity index (χ0) is 10.7. The number of hydrogen-bond acceptors (Lipinski definition) is 4. The smallest absolute Gasteiger partial charge is 0.133 e. The molecular formula is C10H15BrN4. The Kier molecular flexibility index (Phi) is 3.53. The molecule has 0 amide bonds. The molecule has 0 aromatic carbocycles. The van der Waals surface area contributed by atoms with Gasteiger partial charge in [0.2, 0.25) is 0 Å². The molecule has 1 aromatic rings. The Labute approximate surface area is 98.4 Å². The molecule has 4 nitrogen and oxygen atoms in total. The number of likely N-dealkylation sites (N-methyl/N-ethyl adjacent to an activating group) is 1. The molecule has 1 aromatic heterocycles. The van der Waals surface area contributed by atoms with Gasteiger partial charge in [-0.2, -0.15) is 0 Å². The third kappa shape index (κ3) is 2.89. The van der Waals surface area contributed by atoms with Gasteiger partial charge in [0.1, 0.15) is 16.7 Å². The van der Waals surface area contributed by atoms with Gasteiger partial charge in [-0.25, -0.2) is 9.97 Å². The monoisotopic (exact) mass is 270 g/mol. The third-order valence-corrected chi connectivity index (χ3v) is 3.10. The van der Waals surface area contributed by atoms with Crippen molar-refractivity contribution >= 4 is 21.7 Å². The summed E-state index contributed by atoms with van der Waals surface area (Å²) in [7, 11) is 2.17. The van der Waals surface area contributed by atoms with E-state index in [1.807, 2.05) is 6.07 Å². The van der Waals surface area contributed by atoms with Crippen LogP contribution in [0.4, 0.5) is 5.82 Å². The van der Waals surface area contributed by atoms with Gasteiger partial charge in [0.25, 0.3) is 0 Å². The van der Waals surface area contributed by atoms with Crippen molar-refractivity contribution in [2.75, 3.05) is 38.1 Å². The highest BCUT2D eigenvalue weighted by molar-refractivity contribution is 9.10. The molecule has 0 radical (unpaired) electrons. The van der Waals surface area contributed by atoms with Crippen LogP contribution in [-0.4, -0.2) is 48.1 Å². The molecule has 0 saturated carbocycles. The molecule has 2 heterocycles. The fourth-order valence-electron chi connectivity index (χ4n) is 1.77. The van der Waals surface area contributed by atoms with Crippen molar-refractivity contribution in [1.82, 2.24) is 14.9 Å². The summed E-state index contributed by atoms with van der Waals surface area (Å²) in [4.78, 5) is 13.0. The summed E-state index contributed by atoms with van der Waals surface area (Å²) >= 11 is 3.37. The van der Waals surface area contributed by atoms with Crippen LogP contribution in [0.15, 0.2) is 17.0 Å². The zero-order valence-electron chi connectivity index (χ0n) is 8.86. The number of nitrogens with zero attached hydrogens (tertiary/aromatic N) is 4. The molecule has 2 rings (SSSR count). The van der Waals surface area contributed by atoms with E-state index in [0.29, 0.717) is 0 Å². The maximum Gasteiger partial charge on any atom is 0.133 e. The fraction of sp³-hybridized carbons (Fsp3) is 0.600. The van der Waals surface area contributed by atoms with Gasteiger partial charge in [-0.05, 0) is 35.9 Å². The predicted molar refractivity (Wildman–Crippen MR) is 64.1 cm³/mol. The van der Waals surface area contributed by atoms with E-state index in [0.717, 1.165) is 30.1 Å². The lowest BCUT2D eigenvalue weighted by atomic mass is 10.4. The summed E-state index contributed by atoms with van der Waals surface area (Å²) < 4.78 is 0.852. The average molecular weight is 271 g/mol. The minimum atomic E-state index is 0.852. The van der Waals surface area contributed by atoms with Crippen LogP contribution in [0.25, 0.3) is 0 Å². The Morgan fingerprint density at radius 1 is 1.20 bits per heavy atom. The molecule has 0 N–H and O–H groups in total. The van der Waals surface area contributed by atoms with E-state index in [2.05, 4.69) is 42.7 Å². The molecule has 0 aliphatic carbocycles. The van der Waals surface area contributed by atoms with Gasteiger partial charge in [-0.1, -0.05) is 0 Å². The topological polar surface area (TPSA) is 32.3 Å². The molecule has 15 heavy (non-hydrogen) atoms. The largest absolute Gasteiger partial charge is 0.355 e. The van der Waals surface area contributed by atoms with E-state index < -0.39 is 0 Å². The summed E-state index contributed by atoms with van der Waals surface area (Å²) in [5.41, 5.74) is 0. The highest BCUT2D eigenvalue weighted by atomic mass is 79.9. The molecule has 0 spiro atoms. The Bertz CT molecular complexity index is 331. The average Bonchev–Trinajstić information content (AvgIpc) is 2.43. The molecule has 1 saturated heterocycles. The maximum absolute atomic E-state index is 4.30. The number of hydrogen-bond donors (Lipinski definition) is 0. The van der Waals surface area contributed by atoms with Crippen LogP contribution >= 0.6 is 15.9 Å². The first-order valence-electron chi connectivity index (χ1n) is 5.17. The van der Waals surface area contributed by atoms with Crippen LogP contribution in [0, 0.1) is 0 Å². The van der Waals surface area contributed by atoms with Crippen LogP contribution in [-0.2, 0) is 0 Å². The molecular weight excluding hydrogens is 256 g/mol. The van der Waals surface area contributed by atoms with Gasteiger partial charge in [-0.3, -0.25) is 0 Å². The Morgan fingerprint density at radius 2 is 2.07 bits per heavy atom. The van der Waals surface area contributed by atoms with E-state index in [1.54, 1.807) is 6.33 Å². The summed E-state index contributed by atoms with van der Waals surface area (Å²) in [6.07, 6.45) is 2.80. The number of anilines is 1. The van der Waals surface area contributed by atoms with Crippen molar-refractivity contribution < 1.29 is 0 Å². The summed E-state index contributed by atoms with van der Waals surface area (Å²) in [5.74, 6) is 1.02. The first-order valence-corrected chi connectivity index (χ1v) is 5.96. The van der Waals surface area contributed by atoms with Gasteiger partial charge in [-0.15, -0.1) is 0 Å². The predicted octanol–water partition coefficient (Wildman–Crippen LogP) is 1.38. The Morgan fingerprint density at radius 3 is 2.87 bits per heavy atom. The van der Waals surface area contributed by atoms with Crippen molar-refractivity contribution in [3.63, 3.8) is 0 Å². The van der Waals surface area contributed by atoms with E-state index in [9.17, 15) is 0 Å². The molecule has 0 bridgehead atoms. The van der Waals surface area contributed by atoms with Gasteiger partial charge in [0, 0.05) is 25.7 Å². The van der Waals surface area contributed by atoms with E-state index in [1.165, 1.54) is 13.0 Å². The van der Waals surface area contributed by atoms with E-state index in [4.69, 9.17) is 0 Å². The van der Waals surface area contributed by atoms with Gasteiger partial charge < -0.3 is 9.80 Å². The second-order valence-corrected chi connectivity index (χ2v) is 4.66. The normalized spacial score (nSPS) is 18.9. The highest BCUT2D eigenvalue weighted by Gasteiger charge is 2.13. The van der Waals surface area contributed by atoms with Gasteiger partial charge in [0.05, 0.1) is 0 Å². The van der Waals surface area contributed by atoms with Crippen molar-refractivity contribution in [3.8, 4) is 0 Å². The SMILES string of the molecule is CN1CCCN(c2cc(Br)ncn2)CC1. The molecule has 1 fully saturated rings. The fourth-order valence-corrected chi connectivity index (χ4v) is 2.07. The minimum Gasteiger partial charge on any atom is -0.355 e. The van der Waals surface area contributed by atoms with Gasteiger partial charge in [0.15, 0.2) is 0 Å². The molecule has 1 aliphatic heterocycles. The van der Waals surface area contributed by atoms with Gasteiger partial charge >= 0.3 is 0 Å². The second-order valence-electron chi connectivity index (χ2n) is 3.84. The van der Waals surface area contributed by atoms with E-state index in [-0.39, 0.29) is 0 Å². The van der Waals surface area contributed by atoms with Crippen molar-refractivity contribution in [2.24, 2.45) is 0 Å². The number of rotatable bonds is 1. The first kappa shape index (κ1) is 10.8. The summed E-state index contributed by atoms with van der Waals surface area (Å²) in [6.45, 7) is 4.39. The molecule has 0 atom stereocenters. The van der Waals surface area contributed by atoms with Crippen LogP contribution < -0.4 is 4.90 Å². The lowest BCUT2D eigenvalue weighted by Gasteiger charge is -2.21. The van der Waals surface area contributed by atoms with Crippen LogP contribution in [0.2, 0.25) is 0 Å². The van der Waals surface area contributed by atoms with Crippen LogP contribution in [0.1, 0.15) is 6.42 Å². The van der Waals surface area contributed by atoms with Crippen molar-refractivity contribution in [2.45, 2.75) is 6.42 Å².